The maximum Gasteiger partial charge on any atom is 0.207 e. The molecule has 0 atom stereocenters. The van der Waals surface area contributed by atoms with Gasteiger partial charge in [0.1, 0.15) is 12.4 Å². The fraction of sp³-hybridized carbons (Fsp3) is 0.429. The summed E-state index contributed by atoms with van der Waals surface area (Å²) in [5, 5.41) is 3.99. The molecule has 70 valence electrons. The number of fused-ring (bicyclic) bond motifs is 1. The Morgan fingerprint density at radius 2 is 2.31 bits per heavy atom. The van der Waals surface area contributed by atoms with Crippen LogP contribution < -0.4 is 10.6 Å². The zero-order chi connectivity index (χ0) is 9.42. The van der Waals surface area contributed by atoms with Crippen molar-refractivity contribution in [1.82, 2.24) is 19.3 Å². The number of aromatic nitrogens is 4. The predicted molar refractivity (Wildman–Crippen MR) is 47.1 cm³/mol. The van der Waals surface area contributed by atoms with Crippen LogP contribution in [-0.4, -0.2) is 25.4 Å². The van der Waals surface area contributed by atoms with Crippen molar-refractivity contribution in [3.05, 3.63) is 12.5 Å². The van der Waals surface area contributed by atoms with Gasteiger partial charge < -0.3 is 10.6 Å². The first-order valence-corrected chi connectivity index (χ1v) is 4.02. The van der Waals surface area contributed by atoms with Gasteiger partial charge in [0, 0.05) is 0 Å². The smallest absolute Gasteiger partial charge is 0.207 e. The van der Waals surface area contributed by atoms with Crippen LogP contribution in [-0.2, 0) is 0 Å². The van der Waals surface area contributed by atoms with E-state index in [4.69, 9.17) is 10.6 Å². The molecule has 0 unspecified atom stereocenters. The molecular formula is C7H11N5O. The summed E-state index contributed by atoms with van der Waals surface area (Å²) in [5.41, 5.74) is 6.29. The van der Waals surface area contributed by atoms with E-state index in [1.54, 1.807) is 16.9 Å². The molecule has 0 spiro atoms. The number of hydrogen-bond donors (Lipinski definition) is 1. The van der Waals surface area contributed by atoms with Crippen LogP contribution in [0.25, 0.3) is 5.65 Å². The second-order valence-electron chi connectivity index (χ2n) is 3.00. The van der Waals surface area contributed by atoms with Crippen LogP contribution in [0.1, 0.15) is 13.8 Å². The van der Waals surface area contributed by atoms with E-state index in [0.717, 1.165) is 5.65 Å². The lowest BCUT2D eigenvalue weighted by molar-refractivity contribution is 0.0440. The van der Waals surface area contributed by atoms with Crippen LogP contribution in [0.15, 0.2) is 12.5 Å². The number of rotatable bonds is 2. The Morgan fingerprint density at radius 3 is 3.00 bits per heavy atom. The lowest BCUT2D eigenvalue weighted by Gasteiger charge is -2.06. The Morgan fingerprint density at radius 1 is 1.54 bits per heavy atom. The topological polar surface area (TPSA) is 70.4 Å². The van der Waals surface area contributed by atoms with Crippen molar-refractivity contribution in [1.29, 1.82) is 0 Å². The summed E-state index contributed by atoms with van der Waals surface area (Å²) in [6.45, 7) is 3.86. The molecule has 2 rings (SSSR count). The molecule has 0 saturated carbocycles. The summed E-state index contributed by atoms with van der Waals surface area (Å²) < 4.78 is 1.66. The van der Waals surface area contributed by atoms with Gasteiger partial charge in [-0.2, -0.15) is 0 Å². The van der Waals surface area contributed by atoms with Gasteiger partial charge in [0.2, 0.25) is 5.95 Å². The van der Waals surface area contributed by atoms with Crippen LogP contribution in [0.4, 0.5) is 5.95 Å². The van der Waals surface area contributed by atoms with Gasteiger partial charge in [-0.1, -0.05) is 4.85 Å². The summed E-state index contributed by atoms with van der Waals surface area (Å²) in [5.74, 6) is 0.411. The lowest BCUT2D eigenvalue weighted by atomic mass is 10.5. The molecule has 0 amide bonds. The second kappa shape index (κ2) is 2.65. The van der Waals surface area contributed by atoms with Crippen molar-refractivity contribution in [3.8, 4) is 0 Å². The maximum atomic E-state index is 5.56. The Labute approximate surface area is 74.9 Å². The van der Waals surface area contributed by atoms with Crippen LogP contribution in [0.2, 0.25) is 0 Å². The first kappa shape index (κ1) is 7.90. The number of nitrogens with zero attached hydrogens (tertiary/aromatic N) is 4. The molecule has 0 aromatic carbocycles. The minimum absolute atomic E-state index is 0.0693. The molecule has 2 heterocycles. The summed E-state index contributed by atoms with van der Waals surface area (Å²) in [7, 11) is 0. The van der Waals surface area contributed by atoms with Gasteiger partial charge in [0.15, 0.2) is 5.65 Å². The third-order valence-electron chi connectivity index (χ3n) is 1.58. The zero-order valence-electron chi connectivity index (χ0n) is 7.51. The molecule has 2 N–H and O–H groups in total. The highest BCUT2D eigenvalue weighted by Gasteiger charge is 2.07. The third-order valence-corrected chi connectivity index (χ3v) is 1.58. The number of hydrogen-bond acceptors (Lipinski definition) is 4. The van der Waals surface area contributed by atoms with E-state index in [0.29, 0.717) is 5.95 Å². The van der Waals surface area contributed by atoms with Crippen molar-refractivity contribution in [3.63, 3.8) is 0 Å². The Kier molecular flexibility index (Phi) is 1.61. The second-order valence-corrected chi connectivity index (χ2v) is 3.00. The van der Waals surface area contributed by atoms with Crippen LogP contribution in [0.5, 0.6) is 0 Å². The summed E-state index contributed by atoms with van der Waals surface area (Å²) >= 11 is 0. The van der Waals surface area contributed by atoms with Gasteiger partial charge >= 0.3 is 0 Å². The molecule has 2 aromatic rings. The highest BCUT2D eigenvalue weighted by Crippen LogP contribution is 2.06. The molecule has 13 heavy (non-hydrogen) atoms. The highest BCUT2D eigenvalue weighted by molar-refractivity contribution is 5.42. The molecule has 0 aliphatic heterocycles. The minimum Gasteiger partial charge on any atom is -0.392 e. The summed E-state index contributed by atoms with van der Waals surface area (Å²) in [6.07, 6.45) is 3.25. The quantitative estimate of drug-likeness (QED) is 0.705. The largest absolute Gasteiger partial charge is 0.392 e. The van der Waals surface area contributed by atoms with Crippen LogP contribution >= 0.6 is 0 Å². The first-order valence-electron chi connectivity index (χ1n) is 4.02. The van der Waals surface area contributed by atoms with E-state index in [9.17, 15) is 0 Å². The predicted octanol–water partition coefficient (Wildman–Crippen LogP) is -0.0500. The molecule has 0 radical (unpaired) electrons. The van der Waals surface area contributed by atoms with E-state index >= 15 is 0 Å². The molecule has 0 aliphatic rings. The van der Waals surface area contributed by atoms with Gasteiger partial charge in [-0.3, -0.25) is 0 Å². The van der Waals surface area contributed by atoms with E-state index in [1.807, 2.05) is 13.8 Å². The highest BCUT2D eigenvalue weighted by atomic mass is 16.7. The molecule has 0 bridgehead atoms. The SMILES string of the molecule is CC(C)On1ncn2c(N)ncc12. The van der Waals surface area contributed by atoms with Crippen LogP contribution in [0, 0.1) is 0 Å². The monoisotopic (exact) mass is 181 g/mol. The molecule has 6 heteroatoms. The molecule has 0 fully saturated rings. The Balaban J connectivity index is 2.46. The zero-order valence-corrected chi connectivity index (χ0v) is 7.51. The average Bonchev–Trinajstić information content (AvgIpc) is 2.56. The van der Waals surface area contributed by atoms with E-state index in [-0.39, 0.29) is 6.10 Å². The van der Waals surface area contributed by atoms with Crippen molar-refractivity contribution in [2.24, 2.45) is 0 Å². The number of anilines is 1. The molecule has 0 aliphatic carbocycles. The number of imidazole rings is 1. The van der Waals surface area contributed by atoms with Crippen molar-refractivity contribution >= 4 is 11.6 Å². The maximum absolute atomic E-state index is 5.56. The Bertz CT molecular complexity index is 415. The van der Waals surface area contributed by atoms with E-state index in [1.165, 1.54) is 4.85 Å². The van der Waals surface area contributed by atoms with Gasteiger partial charge in [0.05, 0.1) is 6.20 Å². The van der Waals surface area contributed by atoms with Gasteiger partial charge in [0.25, 0.3) is 0 Å². The fourth-order valence-electron chi connectivity index (χ4n) is 1.06. The van der Waals surface area contributed by atoms with Crippen molar-refractivity contribution < 1.29 is 4.84 Å². The molecule has 2 aromatic heterocycles. The first-order chi connectivity index (χ1) is 6.18. The average molecular weight is 181 g/mol. The molecular weight excluding hydrogens is 170 g/mol. The van der Waals surface area contributed by atoms with Crippen LogP contribution in [0.3, 0.4) is 0 Å². The lowest BCUT2D eigenvalue weighted by Crippen LogP contribution is -2.19. The molecule has 6 nitrogen and oxygen atoms in total. The van der Waals surface area contributed by atoms with E-state index in [2.05, 4.69) is 10.1 Å². The summed E-state index contributed by atoms with van der Waals surface area (Å²) in [4.78, 5) is 10.7. The fourth-order valence-corrected chi connectivity index (χ4v) is 1.06. The number of nitrogen functional groups attached to an aromatic ring is 1. The number of nitrogens with two attached hydrogens (primary N) is 1. The standard InChI is InChI=1S/C7H11N5O/c1-5(2)13-12-6-3-9-7(8)11(6)4-10-12/h3-5H,1-2H3,(H2,8,9). The minimum atomic E-state index is 0.0693. The van der Waals surface area contributed by atoms with Gasteiger partial charge in [-0.15, -0.1) is 5.10 Å². The molecule has 0 saturated heterocycles. The van der Waals surface area contributed by atoms with Gasteiger partial charge in [-0.25, -0.2) is 9.38 Å². The van der Waals surface area contributed by atoms with Gasteiger partial charge in [-0.05, 0) is 13.8 Å². The summed E-state index contributed by atoms with van der Waals surface area (Å²) in [6, 6.07) is 0. The van der Waals surface area contributed by atoms with Crippen molar-refractivity contribution in [2.75, 3.05) is 5.73 Å². The Hall–Kier alpha value is -1.72. The normalized spacial score (nSPS) is 11.3. The van der Waals surface area contributed by atoms with E-state index < -0.39 is 0 Å². The van der Waals surface area contributed by atoms with Crippen molar-refractivity contribution in [2.45, 2.75) is 20.0 Å². The third kappa shape index (κ3) is 1.20.